The van der Waals surface area contributed by atoms with Crippen molar-refractivity contribution in [2.24, 2.45) is 0 Å². The van der Waals surface area contributed by atoms with Crippen molar-refractivity contribution in [1.82, 2.24) is 9.78 Å². The summed E-state index contributed by atoms with van der Waals surface area (Å²) in [5.41, 5.74) is 0.956. The van der Waals surface area contributed by atoms with Crippen molar-refractivity contribution >= 4 is 37.5 Å². The predicted octanol–water partition coefficient (Wildman–Crippen LogP) is 2.88. The van der Waals surface area contributed by atoms with E-state index in [4.69, 9.17) is 0 Å². The Hall–Kier alpha value is -0.850. The lowest BCUT2D eigenvalue weighted by Gasteiger charge is -2.14. The van der Waals surface area contributed by atoms with Gasteiger partial charge in [-0.1, -0.05) is 15.9 Å². The smallest absolute Gasteiger partial charge is 0.0907 e. The van der Waals surface area contributed by atoms with Crippen LogP contribution in [0.5, 0.6) is 0 Å². The number of nitrogens with zero attached hydrogens (tertiary/aromatic N) is 2. The van der Waals surface area contributed by atoms with Gasteiger partial charge in [0.1, 0.15) is 0 Å². The minimum absolute atomic E-state index is 0.472. The van der Waals surface area contributed by atoms with Crippen LogP contribution in [0, 0.1) is 0 Å². The van der Waals surface area contributed by atoms with E-state index in [2.05, 4.69) is 42.3 Å². The molecule has 96 valence electrons. The maximum absolute atomic E-state index is 9.88. The summed E-state index contributed by atoms with van der Waals surface area (Å²) in [6.07, 6.45) is 3.05. The van der Waals surface area contributed by atoms with Gasteiger partial charge in [0.15, 0.2) is 0 Å². The number of hydrogen-bond donors (Lipinski definition) is 2. The molecule has 0 radical (unpaired) electrons. The highest BCUT2D eigenvalue weighted by atomic mass is 79.9. The summed E-state index contributed by atoms with van der Waals surface area (Å²) >= 11 is 6.86. The highest BCUT2D eigenvalue weighted by molar-refractivity contribution is 9.11. The van der Waals surface area contributed by atoms with Crippen LogP contribution in [0.25, 0.3) is 0 Å². The van der Waals surface area contributed by atoms with Crippen LogP contribution in [0.4, 0.5) is 5.69 Å². The van der Waals surface area contributed by atoms with E-state index < -0.39 is 6.10 Å². The molecule has 2 N–H and O–H groups in total. The first-order valence-corrected chi connectivity index (χ1v) is 7.08. The Morgan fingerprint density at radius 1 is 1.39 bits per heavy atom. The molecule has 2 rings (SSSR count). The maximum atomic E-state index is 9.88. The lowest BCUT2D eigenvalue weighted by Crippen LogP contribution is -2.25. The molecule has 2 aromatic rings. The van der Waals surface area contributed by atoms with Gasteiger partial charge in [0.05, 0.1) is 12.6 Å². The molecule has 0 saturated heterocycles. The van der Waals surface area contributed by atoms with Crippen molar-refractivity contribution in [2.75, 3.05) is 11.9 Å². The number of halogens is 2. The zero-order valence-electron chi connectivity index (χ0n) is 9.55. The summed E-state index contributed by atoms with van der Waals surface area (Å²) in [6, 6.07) is 7.70. The van der Waals surface area contributed by atoms with Crippen molar-refractivity contribution in [3.05, 3.63) is 45.6 Å². The van der Waals surface area contributed by atoms with Gasteiger partial charge in [-0.2, -0.15) is 5.10 Å². The zero-order valence-corrected chi connectivity index (χ0v) is 12.7. The zero-order chi connectivity index (χ0) is 13.0. The first-order chi connectivity index (χ1) is 8.65. The first-order valence-electron chi connectivity index (χ1n) is 5.49. The number of aromatic nitrogens is 2. The van der Waals surface area contributed by atoms with E-state index in [1.165, 1.54) is 0 Å². The van der Waals surface area contributed by atoms with E-state index in [1.807, 2.05) is 30.5 Å². The Morgan fingerprint density at radius 2 is 2.22 bits per heavy atom. The van der Waals surface area contributed by atoms with Gasteiger partial charge in [-0.25, -0.2) is 0 Å². The molecule has 0 amide bonds. The largest absolute Gasteiger partial charge is 0.389 e. The highest BCUT2D eigenvalue weighted by Crippen LogP contribution is 2.25. The molecule has 0 aliphatic heterocycles. The molecule has 1 aromatic heterocycles. The van der Waals surface area contributed by atoms with Crippen LogP contribution in [-0.2, 0) is 6.54 Å². The molecular formula is C12H13Br2N3O. The van der Waals surface area contributed by atoms with E-state index in [1.54, 1.807) is 10.9 Å². The quantitative estimate of drug-likeness (QED) is 0.845. The van der Waals surface area contributed by atoms with E-state index in [0.717, 1.165) is 14.6 Å². The van der Waals surface area contributed by atoms with Gasteiger partial charge in [0, 0.05) is 33.6 Å². The summed E-state index contributed by atoms with van der Waals surface area (Å²) in [5.74, 6) is 0. The van der Waals surface area contributed by atoms with Crippen LogP contribution in [0.15, 0.2) is 45.6 Å². The third kappa shape index (κ3) is 3.83. The van der Waals surface area contributed by atoms with Gasteiger partial charge in [-0.15, -0.1) is 0 Å². The first kappa shape index (κ1) is 13.6. The van der Waals surface area contributed by atoms with Gasteiger partial charge in [0.2, 0.25) is 0 Å². The van der Waals surface area contributed by atoms with Gasteiger partial charge >= 0.3 is 0 Å². The summed E-state index contributed by atoms with van der Waals surface area (Å²) in [6.45, 7) is 0.953. The molecule has 1 unspecified atom stereocenters. The minimum atomic E-state index is -0.486. The average molecular weight is 375 g/mol. The van der Waals surface area contributed by atoms with Crippen LogP contribution in [0.2, 0.25) is 0 Å². The van der Waals surface area contributed by atoms with Crippen molar-refractivity contribution < 1.29 is 5.11 Å². The molecule has 0 fully saturated rings. The Balaban J connectivity index is 1.87. The molecule has 1 heterocycles. The average Bonchev–Trinajstić information content (AvgIpc) is 2.80. The van der Waals surface area contributed by atoms with Crippen molar-refractivity contribution in [3.63, 3.8) is 0 Å². The normalized spacial score (nSPS) is 12.4. The number of rotatable bonds is 5. The summed E-state index contributed by atoms with van der Waals surface area (Å²) < 4.78 is 3.68. The summed E-state index contributed by atoms with van der Waals surface area (Å²) in [7, 11) is 0. The van der Waals surface area contributed by atoms with Gasteiger partial charge < -0.3 is 10.4 Å². The molecule has 0 saturated carbocycles. The third-order valence-corrected chi connectivity index (χ3v) is 3.57. The van der Waals surface area contributed by atoms with Crippen LogP contribution in [0.3, 0.4) is 0 Å². The summed E-state index contributed by atoms with van der Waals surface area (Å²) in [5, 5.41) is 17.1. The van der Waals surface area contributed by atoms with Gasteiger partial charge in [0.25, 0.3) is 0 Å². The van der Waals surface area contributed by atoms with E-state index in [0.29, 0.717) is 13.1 Å². The SMILES string of the molecule is OC(CNc1ccc(Br)cc1Br)Cn1cccn1. The fourth-order valence-electron chi connectivity index (χ4n) is 1.55. The van der Waals surface area contributed by atoms with Crippen LogP contribution in [-0.4, -0.2) is 27.5 Å². The molecular weight excluding hydrogens is 362 g/mol. The number of benzene rings is 1. The second-order valence-electron chi connectivity index (χ2n) is 3.89. The second-order valence-corrected chi connectivity index (χ2v) is 5.66. The summed E-state index contributed by atoms with van der Waals surface area (Å²) in [4.78, 5) is 0. The van der Waals surface area contributed by atoms with Crippen molar-refractivity contribution in [3.8, 4) is 0 Å². The van der Waals surface area contributed by atoms with E-state index in [-0.39, 0.29) is 0 Å². The standard InChI is InChI=1S/C12H13Br2N3O/c13-9-2-3-12(11(14)6-9)15-7-10(18)8-17-5-1-4-16-17/h1-6,10,15,18H,7-8H2. The molecule has 0 aliphatic rings. The van der Waals surface area contributed by atoms with Gasteiger partial charge in [-0.05, 0) is 40.2 Å². The molecule has 1 atom stereocenters. The molecule has 4 nitrogen and oxygen atoms in total. The topological polar surface area (TPSA) is 50.1 Å². The third-order valence-electron chi connectivity index (χ3n) is 2.42. The number of hydrogen-bond acceptors (Lipinski definition) is 3. The highest BCUT2D eigenvalue weighted by Gasteiger charge is 2.06. The Kier molecular flexibility index (Phi) is 4.79. The lowest BCUT2D eigenvalue weighted by molar-refractivity contribution is 0.161. The Morgan fingerprint density at radius 3 is 2.89 bits per heavy atom. The number of aliphatic hydroxyl groups is 1. The van der Waals surface area contributed by atoms with Crippen LogP contribution in [0.1, 0.15) is 0 Å². The number of aliphatic hydroxyl groups excluding tert-OH is 1. The van der Waals surface area contributed by atoms with E-state index in [9.17, 15) is 5.11 Å². The molecule has 18 heavy (non-hydrogen) atoms. The van der Waals surface area contributed by atoms with E-state index >= 15 is 0 Å². The molecule has 0 spiro atoms. The Bertz CT molecular complexity index is 502. The second kappa shape index (κ2) is 6.36. The van der Waals surface area contributed by atoms with Crippen LogP contribution >= 0.6 is 31.9 Å². The fraction of sp³-hybridized carbons (Fsp3) is 0.250. The lowest BCUT2D eigenvalue weighted by atomic mass is 10.3. The minimum Gasteiger partial charge on any atom is -0.389 e. The van der Waals surface area contributed by atoms with Crippen LogP contribution < -0.4 is 5.32 Å². The fourth-order valence-corrected chi connectivity index (χ4v) is 2.74. The number of nitrogens with one attached hydrogen (secondary N) is 1. The molecule has 0 aliphatic carbocycles. The molecule has 6 heteroatoms. The van der Waals surface area contributed by atoms with Gasteiger partial charge in [-0.3, -0.25) is 4.68 Å². The van der Waals surface area contributed by atoms with Crippen molar-refractivity contribution in [1.29, 1.82) is 0 Å². The van der Waals surface area contributed by atoms with Crippen molar-refractivity contribution in [2.45, 2.75) is 12.6 Å². The maximum Gasteiger partial charge on any atom is 0.0907 e. The monoisotopic (exact) mass is 373 g/mol. The molecule has 1 aromatic carbocycles. The molecule has 0 bridgehead atoms. The predicted molar refractivity (Wildman–Crippen MR) is 78.6 cm³/mol. The number of anilines is 1. The Labute approximate surface area is 122 Å².